The molecular formula is C51H75N15O12. The highest BCUT2D eigenvalue weighted by atomic mass is 16.5. The molecule has 27 heteroatoms. The lowest BCUT2D eigenvalue weighted by molar-refractivity contribution is -0.147. The lowest BCUT2D eigenvalue weighted by Crippen LogP contribution is -2.60. The predicted molar refractivity (Wildman–Crippen MR) is 284 cm³/mol. The second kappa shape index (κ2) is 30.0. The van der Waals surface area contributed by atoms with E-state index in [9.17, 15) is 53.4 Å². The first-order valence-electron chi connectivity index (χ1n) is 26.1. The van der Waals surface area contributed by atoms with Crippen LogP contribution in [0.25, 0.3) is 0 Å². The number of carbonyl (C=O) groups excluding carboxylic acids is 8. The molecule has 78 heavy (non-hydrogen) atoms. The first-order valence-corrected chi connectivity index (χ1v) is 26.1. The fourth-order valence-corrected chi connectivity index (χ4v) is 9.70. The topological polar surface area (TPSA) is 428 Å². The molecule has 0 spiro atoms. The Kier molecular flexibility index (Phi) is 23.4. The Balaban J connectivity index is 1.22. The molecule has 0 bridgehead atoms. The van der Waals surface area contributed by atoms with E-state index in [0.717, 1.165) is 0 Å². The number of amides is 8. The molecule has 3 aliphatic rings. The number of nitrogens with one attached hydrogen (secondary N) is 5. The third kappa shape index (κ3) is 17.8. The average molecular weight is 1090 g/mol. The normalized spacial score (nSPS) is 18.8. The molecule has 8 atom stereocenters. The van der Waals surface area contributed by atoms with Gasteiger partial charge in [-0.15, -0.1) is 0 Å². The van der Waals surface area contributed by atoms with E-state index >= 15 is 0 Å². The van der Waals surface area contributed by atoms with Crippen LogP contribution < -0.4 is 60.0 Å². The van der Waals surface area contributed by atoms with Crippen LogP contribution in [0.2, 0.25) is 0 Å². The summed E-state index contributed by atoms with van der Waals surface area (Å²) in [6.45, 7) is -0.493. The number of likely N-dealkylation sites (tertiary alicyclic amines) is 3. The molecule has 3 fully saturated rings. The summed E-state index contributed by atoms with van der Waals surface area (Å²) >= 11 is 0. The zero-order valence-corrected chi connectivity index (χ0v) is 43.8. The summed E-state index contributed by atoms with van der Waals surface area (Å²) in [4.78, 5) is 135. The van der Waals surface area contributed by atoms with Gasteiger partial charge < -0.3 is 84.9 Å². The van der Waals surface area contributed by atoms with Crippen molar-refractivity contribution in [2.75, 3.05) is 53.0 Å². The van der Waals surface area contributed by atoms with Crippen LogP contribution in [0.3, 0.4) is 0 Å². The van der Waals surface area contributed by atoms with Crippen molar-refractivity contribution in [3.8, 4) is 5.75 Å². The van der Waals surface area contributed by atoms with Crippen molar-refractivity contribution in [3.05, 3.63) is 65.7 Å². The van der Waals surface area contributed by atoms with Gasteiger partial charge in [0.15, 0.2) is 11.9 Å². The highest BCUT2D eigenvalue weighted by molar-refractivity contribution is 5.98. The SMILES string of the molecule is COc1ccc(C[C@H](NC(=O)[C@@H]2CCCN2C(=O)[C@H](CO)NC(=O)[C@H](Cc2ccccc2)NC(=O)CNC(=O)[C@@H]2CCCN2C(=O)[C@@H]2CCCN2C(=O)[C@@H](N)CCCN=C(N)N)C(=O)N[C@@H](CCCN=C(N)N)C(=O)O)cc1. The van der Waals surface area contributed by atoms with Crippen molar-refractivity contribution < 1.29 is 58.1 Å². The van der Waals surface area contributed by atoms with E-state index in [4.69, 9.17) is 33.4 Å². The molecule has 3 aliphatic heterocycles. The van der Waals surface area contributed by atoms with Gasteiger partial charge in [-0.05, 0) is 87.5 Å². The number of aliphatic hydroxyl groups is 1. The molecule has 426 valence electrons. The molecule has 0 saturated carbocycles. The number of carbonyl (C=O) groups is 9. The lowest BCUT2D eigenvalue weighted by atomic mass is 10.0. The lowest BCUT2D eigenvalue weighted by Gasteiger charge is -2.32. The van der Waals surface area contributed by atoms with Crippen LogP contribution in [0, 0.1) is 0 Å². The Morgan fingerprint density at radius 1 is 0.628 bits per heavy atom. The molecule has 3 saturated heterocycles. The van der Waals surface area contributed by atoms with E-state index < -0.39 is 115 Å². The standard InChI is InChI=1S/C51H75N15O12/c1-78-32-19-17-31(18-20-32)27-36(43(70)61-34(49(76)77)13-6-22-58-51(55)56)62-45(72)39-15-8-23-64(39)47(74)37(29-67)63-42(69)35(26-30-10-3-2-4-11-30)60-41(68)28-59-44(71)38-14-7-24-65(38)48(75)40-16-9-25-66(40)46(73)33(52)12-5-21-57-50(53)54/h2-4,10-11,17-20,33-40,67H,5-9,12-16,21-29,52H2,1H3,(H,59,71)(H,60,68)(H,61,70)(H,62,72)(H,63,69)(H,76,77)(H4,53,54,57)(H4,55,56,58)/t33-,34-,35-,36-,37-,38-,39-,40-/m0/s1. The summed E-state index contributed by atoms with van der Waals surface area (Å²) in [5.41, 5.74) is 28.9. The van der Waals surface area contributed by atoms with Gasteiger partial charge in [0, 0.05) is 45.6 Å². The Morgan fingerprint density at radius 3 is 1.71 bits per heavy atom. The summed E-state index contributed by atoms with van der Waals surface area (Å²) in [6.07, 6.45) is 2.99. The number of hydrogen-bond donors (Lipinski definition) is 12. The Bertz CT molecular complexity index is 2470. The molecule has 2 aromatic rings. The van der Waals surface area contributed by atoms with Gasteiger partial charge in [0.1, 0.15) is 48.0 Å². The van der Waals surface area contributed by atoms with Crippen molar-refractivity contribution in [1.82, 2.24) is 41.3 Å². The number of nitrogens with two attached hydrogens (primary N) is 5. The summed E-state index contributed by atoms with van der Waals surface area (Å²) in [5, 5.41) is 33.4. The number of methoxy groups -OCH3 is 1. The summed E-state index contributed by atoms with van der Waals surface area (Å²) in [7, 11) is 1.48. The smallest absolute Gasteiger partial charge is 0.326 e. The van der Waals surface area contributed by atoms with E-state index in [0.29, 0.717) is 68.4 Å². The van der Waals surface area contributed by atoms with Crippen LogP contribution in [0.5, 0.6) is 5.75 Å². The summed E-state index contributed by atoms with van der Waals surface area (Å²) in [6, 6.07) is 5.81. The minimum absolute atomic E-state index is 0.0376. The van der Waals surface area contributed by atoms with Crippen LogP contribution in [-0.2, 0) is 56.0 Å². The maximum atomic E-state index is 14.2. The zero-order valence-electron chi connectivity index (χ0n) is 43.8. The second-order valence-electron chi connectivity index (χ2n) is 19.4. The summed E-state index contributed by atoms with van der Waals surface area (Å²) in [5.74, 6) is -6.51. The van der Waals surface area contributed by atoms with Gasteiger partial charge in [-0.25, -0.2) is 4.79 Å². The number of aliphatic hydroxyl groups excluding tert-OH is 1. The number of carboxylic acid groups (broad SMARTS) is 1. The quantitative estimate of drug-likeness (QED) is 0.0220. The van der Waals surface area contributed by atoms with Crippen LogP contribution in [0.4, 0.5) is 0 Å². The van der Waals surface area contributed by atoms with Gasteiger partial charge in [0.05, 0.1) is 26.3 Å². The number of aliphatic imine (C=N–C) groups is 2. The van der Waals surface area contributed by atoms with Crippen molar-refractivity contribution >= 4 is 65.1 Å². The van der Waals surface area contributed by atoms with Gasteiger partial charge in [0.2, 0.25) is 47.3 Å². The van der Waals surface area contributed by atoms with Gasteiger partial charge >= 0.3 is 5.97 Å². The molecular weight excluding hydrogens is 1010 g/mol. The second-order valence-corrected chi connectivity index (χ2v) is 19.4. The van der Waals surface area contributed by atoms with Crippen molar-refractivity contribution in [3.63, 3.8) is 0 Å². The molecule has 0 radical (unpaired) electrons. The molecule has 5 rings (SSSR count). The Hall–Kier alpha value is -8.07. The van der Waals surface area contributed by atoms with Gasteiger partial charge in [0.25, 0.3) is 0 Å². The van der Waals surface area contributed by atoms with E-state index in [-0.39, 0.29) is 70.2 Å². The maximum absolute atomic E-state index is 14.2. The van der Waals surface area contributed by atoms with E-state index in [1.807, 2.05) is 0 Å². The van der Waals surface area contributed by atoms with Crippen molar-refractivity contribution in [2.24, 2.45) is 38.7 Å². The monoisotopic (exact) mass is 1090 g/mol. The molecule has 0 aromatic heterocycles. The molecule has 27 nitrogen and oxygen atoms in total. The fourth-order valence-electron chi connectivity index (χ4n) is 9.70. The molecule has 8 amide bonds. The Morgan fingerprint density at radius 2 is 1.14 bits per heavy atom. The molecule has 3 heterocycles. The Labute approximate surface area is 451 Å². The van der Waals surface area contributed by atoms with E-state index in [1.54, 1.807) is 54.6 Å². The number of aliphatic carboxylic acids is 1. The average Bonchev–Trinajstić information content (AvgIpc) is 4.25. The van der Waals surface area contributed by atoms with Crippen LogP contribution in [-0.4, -0.2) is 191 Å². The molecule has 0 aliphatic carbocycles. The molecule has 2 aromatic carbocycles. The molecule has 17 N–H and O–H groups in total. The number of hydrogen-bond acceptors (Lipinski definition) is 14. The zero-order chi connectivity index (χ0) is 56.9. The van der Waals surface area contributed by atoms with Crippen LogP contribution in [0.15, 0.2) is 64.6 Å². The maximum Gasteiger partial charge on any atom is 0.326 e. The van der Waals surface area contributed by atoms with Crippen LogP contribution >= 0.6 is 0 Å². The minimum atomic E-state index is -1.60. The largest absolute Gasteiger partial charge is 0.497 e. The number of nitrogens with zero attached hydrogens (tertiary/aromatic N) is 5. The van der Waals surface area contributed by atoms with Crippen molar-refractivity contribution in [2.45, 2.75) is 125 Å². The highest BCUT2D eigenvalue weighted by Crippen LogP contribution is 2.26. The van der Waals surface area contributed by atoms with Crippen LogP contribution in [0.1, 0.15) is 75.3 Å². The van der Waals surface area contributed by atoms with Crippen molar-refractivity contribution in [1.29, 1.82) is 0 Å². The van der Waals surface area contributed by atoms with E-state index in [2.05, 4.69) is 36.6 Å². The number of benzene rings is 2. The third-order valence-corrected chi connectivity index (χ3v) is 13.7. The highest BCUT2D eigenvalue weighted by Gasteiger charge is 2.44. The summed E-state index contributed by atoms with van der Waals surface area (Å²) < 4.78 is 5.24. The first-order chi connectivity index (χ1) is 37.3. The van der Waals surface area contributed by atoms with Gasteiger partial charge in [-0.1, -0.05) is 42.5 Å². The van der Waals surface area contributed by atoms with Gasteiger partial charge in [-0.2, -0.15) is 0 Å². The number of carboxylic acids is 1. The predicted octanol–water partition coefficient (Wildman–Crippen LogP) is -3.98. The number of ether oxygens (including phenoxy) is 1. The number of rotatable bonds is 28. The molecule has 0 unspecified atom stereocenters. The number of guanidine groups is 2. The first kappa shape index (κ1) is 60.8. The third-order valence-electron chi connectivity index (χ3n) is 13.7. The van der Waals surface area contributed by atoms with Gasteiger partial charge in [-0.3, -0.25) is 48.3 Å². The van der Waals surface area contributed by atoms with E-state index in [1.165, 1.54) is 21.8 Å². The fraction of sp³-hybridized carbons (Fsp3) is 0.549. The minimum Gasteiger partial charge on any atom is -0.497 e.